The van der Waals surface area contributed by atoms with Gasteiger partial charge in [-0.25, -0.2) is 9.59 Å². The molecule has 0 aromatic rings. The van der Waals surface area contributed by atoms with E-state index in [9.17, 15) is 9.59 Å². The molecule has 0 heterocycles. The van der Waals surface area contributed by atoms with Crippen molar-refractivity contribution in [2.24, 2.45) is 15.4 Å². The Kier molecular flexibility index (Phi) is 8.21. The average molecular weight is 238 g/mol. The Bertz CT molecular complexity index is 287. The van der Waals surface area contributed by atoms with Gasteiger partial charge in [-0.1, -0.05) is 40.0 Å². The zero-order valence-corrected chi connectivity index (χ0v) is 11.0. The highest BCUT2D eigenvalue weighted by atomic mass is 16.1. The summed E-state index contributed by atoms with van der Waals surface area (Å²) in [7, 11) is 0. The van der Waals surface area contributed by atoms with Gasteiger partial charge in [0.2, 0.25) is 12.2 Å². The Hall–Kier alpha value is -1.24. The minimum atomic E-state index is -0.617. The molecule has 0 aromatic heterocycles. The number of isocyanates is 2. The Labute approximate surface area is 103 Å². The van der Waals surface area contributed by atoms with Crippen LogP contribution in [0.15, 0.2) is 9.98 Å². The zero-order chi connectivity index (χ0) is 13.1. The first kappa shape index (κ1) is 15.8. The van der Waals surface area contributed by atoms with Crippen LogP contribution in [0.5, 0.6) is 0 Å². The molecule has 1 atom stereocenters. The molecule has 0 N–H and O–H groups in total. The molecule has 0 aliphatic heterocycles. The maximum atomic E-state index is 10.4. The van der Waals surface area contributed by atoms with Crippen molar-refractivity contribution in [2.75, 3.05) is 0 Å². The van der Waals surface area contributed by atoms with Crippen LogP contribution in [0, 0.1) is 5.41 Å². The van der Waals surface area contributed by atoms with Crippen molar-refractivity contribution >= 4 is 12.2 Å². The fourth-order valence-electron chi connectivity index (χ4n) is 2.35. The molecule has 0 bridgehead atoms. The van der Waals surface area contributed by atoms with Crippen molar-refractivity contribution in [3.63, 3.8) is 0 Å². The van der Waals surface area contributed by atoms with Crippen molar-refractivity contribution in [3.05, 3.63) is 0 Å². The van der Waals surface area contributed by atoms with Crippen LogP contribution >= 0.6 is 0 Å². The number of rotatable bonds is 9. The molecule has 4 nitrogen and oxygen atoms in total. The summed E-state index contributed by atoms with van der Waals surface area (Å²) in [5, 5.41) is 0. The minimum absolute atomic E-state index is 0.195. The van der Waals surface area contributed by atoms with Gasteiger partial charge in [0.1, 0.15) is 0 Å². The van der Waals surface area contributed by atoms with E-state index in [2.05, 4.69) is 30.8 Å². The van der Waals surface area contributed by atoms with Crippen LogP contribution < -0.4 is 0 Å². The number of nitrogens with zero attached hydrogens (tertiary/aromatic N) is 2. The van der Waals surface area contributed by atoms with Crippen molar-refractivity contribution < 1.29 is 9.59 Å². The lowest BCUT2D eigenvalue weighted by Gasteiger charge is -2.34. The van der Waals surface area contributed by atoms with E-state index in [1.165, 1.54) is 12.2 Å². The third-order valence-corrected chi connectivity index (χ3v) is 3.38. The molecule has 0 rings (SSSR count). The van der Waals surface area contributed by atoms with Gasteiger partial charge in [-0.2, -0.15) is 9.98 Å². The Morgan fingerprint density at radius 3 is 1.94 bits per heavy atom. The van der Waals surface area contributed by atoms with Crippen LogP contribution in [0.1, 0.15) is 59.3 Å². The molecular weight excluding hydrogens is 216 g/mol. The number of hydrogen-bond acceptors (Lipinski definition) is 4. The predicted molar refractivity (Wildman–Crippen MR) is 67.2 cm³/mol. The predicted octanol–water partition coefficient (Wildman–Crippen LogP) is 3.37. The van der Waals surface area contributed by atoms with Crippen molar-refractivity contribution in [1.29, 1.82) is 0 Å². The molecule has 0 saturated heterocycles. The van der Waals surface area contributed by atoms with E-state index in [-0.39, 0.29) is 5.41 Å². The fourth-order valence-corrected chi connectivity index (χ4v) is 2.35. The fraction of sp³-hybridized carbons (Fsp3) is 0.846. The van der Waals surface area contributed by atoms with E-state index in [0.717, 1.165) is 38.5 Å². The van der Waals surface area contributed by atoms with Crippen LogP contribution in [0.2, 0.25) is 0 Å². The highest BCUT2D eigenvalue weighted by Crippen LogP contribution is 2.39. The van der Waals surface area contributed by atoms with Gasteiger partial charge in [-0.3, -0.25) is 0 Å². The second-order valence-electron chi connectivity index (χ2n) is 4.38. The van der Waals surface area contributed by atoms with Gasteiger partial charge in [-0.15, -0.1) is 0 Å². The summed E-state index contributed by atoms with van der Waals surface area (Å²) in [5.74, 6) is 0. The monoisotopic (exact) mass is 238 g/mol. The molecule has 0 spiro atoms. The van der Waals surface area contributed by atoms with E-state index in [4.69, 9.17) is 0 Å². The van der Waals surface area contributed by atoms with Gasteiger partial charge in [-0.05, 0) is 19.3 Å². The number of unbranched alkanes of at least 4 members (excludes halogenated alkanes) is 1. The molecule has 0 aliphatic carbocycles. The molecule has 4 heteroatoms. The summed E-state index contributed by atoms with van der Waals surface area (Å²) in [4.78, 5) is 28.3. The quantitative estimate of drug-likeness (QED) is 0.456. The molecule has 0 fully saturated rings. The lowest BCUT2D eigenvalue weighted by molar-refractivity contribution is 0.174. The molecule has 0 amide bonds. The van der Waals surface area contributed by atoms with Gasteiger partial charge in [0.25, 0.3) is 0 Å². The second-order valence-corrected chi connectivity index (χ2v) is 4.38. The molecule has 0 saturated carbocycles. The van der Waals surface area contributed by atoms with Crippen LogP contribution in [-0.2, 0) is 9.59 Å². The second kappa shape index (κ2) is 8.86. The number of hydrogen-bond donors (Lipinski definition) is 0. The first-order valence-electron chi connectivity index (χ1n) is 6.34. The maximum absolute atomic E-state index is 10.4. The van der Waals surface area contributed by atoms with Crippen molar-refractivity contribution in [1.82, 2.24) is 0 Å². The van der Waals surface area contributed by atoms with Gasteiger partial charge < -0.3 is 0 Å². The highest BCUT2D eigenvalue weighted by molar-refractivity contribution is 5.37. The molecule has 0 aliphatic rings. The third-order valence-electron chi connectivity index (χ3n) is 3.38. The maximum Gasteiger partial charge on any atom is 0.237 e. The molecule has 0 aromatic carbocycles. The smallest absolute Gasteiger partial charge is 0.211 e. The van der Waals surface area contributed by atoms with E-state index in [1.807, 2.05) is 0 Å². The average Bonchev–Trinajstić information content (AvgIpc) is 2.34. The van der Waals surface area contributed by atoms with E-state index < -0.39 is 6.17 Å². The minimum Gasteiger partial charge on any atom is -0.211 e. The standard InChI is InChI=1S/C13H22N2O2/c1-4-7-9-13(6-3,8-5-2)12(14-10-16)15-11-17/h12H,4-9H2,1-3H3. The van der Waals surface area contributed by atoms with Crippen LogP contribution in [0.4, 0.5) is 0 Å². The highest BCUT2D eigenvalue weighted by Gasteiger charge is 2.36. The number of aliphatic imine (C=N–C) groups is 2. The van der Waals surface area contributed by atoms with Gasteiger partial charge in [0, 0.05) is 5.41 Å². The third kappa shape index (κ3) is 4.64. The van der Waals surface area contributed by atoms with Crippen molar-refractivity contribution in [3.8, 4) is 0 Å². The summed E-state index contributed by atoms with van der Waals surface area (Å²) < 4.78 is 0. The Morgan fingerprint density at radius 1 is 1.00 bits per heavy atom. The van der Waals surface area contributed by atoms with Crippen LogP contribution in [0.3, 0.4) is 0 Å². The summed E-state index contributed by atoms with van der Waals surface area (Å²) in [6.07, 6.45) is 8.23. The SMILES string of the molecule is CCCCC(CC)(CCC)C(N=C=O)N=C=O. The lowest BCUT2D eigenvalue weighted by Crippen LogP contribution is -2.32. The first-order valence-corrected chi connectivity index (χ1v) is 6.34. The topological polar surface area (TPSA) is 58.9 Å². The van der Waals surface area contributed by atoms with E-state index in [1.54, 1.807) is 0 Å². The molecule has 17 heavy (non-hydrogen) atoms. The summed E-state index contributed by atoms with van der Waals surface area (Å²) in [6, 6.07) is 0. The van der Waals surface area contributed by atoms with Gasteiger partial charge >= 0.3 is 0 Å². The molecular formula is C13H22N2O2. The molecule has 96 valence electrons. The Morgan fingerprint density at radius 2 is 1.59 bits per heavy atom. The Balaban J connectivity index is 5.17. The largest absolute Gasteiger partial charge is 0.237 e. The van der Waals surface area contributed by atoms with E-state index in [0.29, 0.717) is 0 Å². The van der Waals surface area contributed by atoms with Crippen LogP contribution in [0.25, 0.3) is 0 Å². The summed E-state index contributed by atoms with van der Waals surface area (Å²) >= 11 is 0. The van der Waals surface area contributed by atoms with Crippen LogP contribution in [-0.4, -0.2) is 18.3 Å². The molecule has 0 radical (unpaired) electrons. The molecule has 1 unspecified atom stereocenters. The zero-order valence-electron chi connectivity index (χ0n) is 11.0. The van der Waals surface area contributed by atoms with Gasteiger partial charge in [0.05, 0.1) is 0 Å². The lowest BCUT2D eigenvalue weighted by atomic mass is 9.74. The summed E-state index contributed by atoms with van der Waals surface area (Å²) in [5.41, 5.74) is -0.195. The normalized spacial score (nSPS) is 15.2. The van der Waals surface area contributed by atoms with E-state index >= 15 is 0 Å². The first-order chi connectivity index (χ1) is 8.20. The van der Waals surface area contributed by atoms with Crippen molar-refractivity contribution in [2.45, 2.75) is 65.5 Å². The summed E-state index contributed by atoms with van der Waals surface area (Å²) in [6.45, 7) is 6.26. The van der Waals surface area contributed by atoms with Gasteiger partial charge in [0.15, 0.2) is 6.17 Å². The number of carbonyl (C=O) groups excluding carboxylic acids is 2.